The minimum Gasteiger partial charge on any atom is -0.465 e. The fourth-order valence-corrected chi connectivity index (χ4v) is 4.71. The van der Waals surface area contributed by atoms with Crippen LogP contribution in [0.4, 0.5) is 0 Å². The number of amides is 1. The number of nitrogens with zero attached hydrogens (tertiary/aromatic N) is 3. The molecule has 0 radical (unpaired) electrons. The van der Waals surface area contributed by atoms with Gasteiger partial charge in [0.25, 0.3) is 5.79 Å². The largest absolute Gasteiger partial charge is 0.465 e. The second-order valence-corrected chi connectivity index (χ2v) is 9.83. The third-order valence-corrected chi connectivity index (χ3v) is 6.72. The molecule has 1 aliphatic heterocycles. The van der Waals surface area contributed by atoms with Gasteiger partial charge in [-0.1, -0.05) is 40.4 Å². The molecule has 1 aromatic rings. The predicted octanol–water partition coefficient (Wildman–Crippen LogP) is 2.78. The second-order valence-electron chi connectivity index (χ2n) is 9.04. The number of azide groups is 1. The van der Waals surface area contributed by atoms with Crippen molar-refractivity contribution in [1.82, 2.24) is 5.32 Å². The van der Waals surface area contributed by atoms with Crippen LogP contribution in [0.2, 0.25) is 10.0 Å². The summed E-state index contributed by atoms with van der Waals surface area (Å²) in [6.45, 7) is 3.42. The van der Waals surface area contributed by atoms with E-state index in [-0.39, 0.29) is 16.7 Å². The summed E-state index contributed by atoms with van der Waals surface area (Å²) in [5, 5.41) is 6.31. The molecule has 0 aliphatic carbocycles. The molecule has 6 atom stereocenters. The van der Waals surface area contributed by atoms with Crippen LogP contribution in [0.3, 0.4) is 0 Å². The van der Waals surface area contributed by atoms with Gasteiger partial charge in [0.15, 0.2) is 6.10 Å². The molecule has 0 aromatic heterocycles. The molecule has 0 spiro atoms. The maximum atomic E-state index is 13.3. The summed E-state index contributed by atoms with van der Waals surface area (Å²) in [5.41, 5.74) is 9.25. The minimum atomic E-state index is -2.36. The van der Waals surface area contributed by atoms with Gasteiger partial charge in [0.2, 0.25) is 5.91 Å². The van der Waals surface area contributed by atoms with Crippen LogP contribution in [-0.4, -0.2) is 79.7 Å². The number of carbonyl (C=O) groups excluding carboxylic acids is 5. The monoisotopic (exact) mass is 632 g/mol. The molecule has 1 heterocycles. The van der Waals surface area contributed by atoms with Crippen LogP contribution in [0.1, 0.15) is 39.7 Å². The first-order valence-corrected chi connectivity index (χ1v) is 13.1. The highest BCUT2D eigenvalue weighted by Crippen LogP contribution is 2.38. The topological polar surface area (TPSA) is 202 Å². The highest BCUT2D eigenvalue weighted by atomic mass is 35.5. The van der Waals surface area contributed by atoms with Crippen molar-refractivity contribution in [1.29, 1.82) is 0 Å². The summed E-state index contributed by atoms with van der Waals surface area (Å²) in [6, 6.07) is 3.39. The fraction of sp³-hybridized carbons (Fsp3) is 0.560. The van der Waals surface area contributed by atoms with E-state index in [0.29, 0.717) is 5.56 Å². The van der Waals surface area contributed by atoms with Crippen molar-refractivity contribution in [2.24, 2.45) is 5.11 Å². The molecule has 0 saturated carbocycles. The van der Waals surface area contributed by atoms with Gasteiger partial charge < -0.3 is 33.7 Å². The Morgan fingerprint density at radius 2 is 1.79 bits per heavy atom. The molecular formula is C25H30Cl2N4O11. The average molecular weight is 633 g/mol. The molecular weight excluding hydrogens is 603 g/mol. The Kier molecular flexibility index (Phi) is 12.8. The zero-order valence-electron chi connectivity index (χ0n) is 23.3. The number of halogens is 2. The Morgan fingerprint density at radius 3 is 2.33 bits per heavy atom. The first kappa shape index (κ1) is 34.6. The third-order valence-electron chi connectivity index (χ3n) is 5.86. The normalized spacial score (nSPS) is 22.9. The molecule has 15 nitrogen and oxygen atoms in total. The SMILES string of the molecule is COC(=O)[C@]1(OCc2cccc(Cl)c2Cl)C[C@H](OC(C)=O)[C@@H](NC(C)=O)[C@H]([C@H](OC(C)=O)[C@@H](CN=[N+]=[N-])OC(C)=O)O1. The van der Waals surface area contributed by atoms with E-state index in [4.69, 9.17) is 57.2 Å². The summed E-state index contributed by atoms with van der Waals surface area (Å²) in [5.74, 6) is -6.62. The van der Waals surface area contributed by atoms with E-state index in [1.54, 1.807) is 12.1 Å². The summed E-state index contributed by atoms with van der Waals surface area (Å²) in [6.07, 6.45) is -6.62. The Hall–Kier alpha value is -3.62. The van der Waals surface area contributed by atoms with Crippen LogP contribution in [0, 0.1) is 0 Å². The van der Waals surface area contributed by atoms with E-state index in [9.17, 15) is 24.0 Å². The van der Waals surface area contributed by atoms with Gasteiger partial charge in [-0.05, 0) is 17.2 Å². The molecule has 1 amide bonds. The maximum absolute atomic E-state index is 13.3. The van der Waals surface area contributed by atoms with Crippen LogP contribution in [-0.2, 0) is 59.0 Å². The highest BCUT2D eigenvalue weighted by Gasteiger charge is 2.59. The van der Waals surface area contributed by atoms with E-state index in [1.807, 2.05) is 0 Å². The van der Waals surface area contributed by atoms with Crippen LogP contribution in [0.25, 0.3) is 10.4 Å². The van der Waals surface area contributed by atoms with Crippen molar-refractivity contribution >= 4 is 53.0 Å². The van der Waals surface area contributed by atoms with Gasteiger partial charge in [-0.3, -0.25) is 19.2 Å². The van der Waals surface area contributed by atoms with Gasteiger partial charge in [-0.25, -0.2) is 4.79 Å². The number of esters is 4. The van der Waals surface area contributed by atoms with Gasteiger partial charge in [0.1, 0.15) is 18.3 Å². The number of hydrogen-bond acceptors (Lipinski definition) is 12. The fourth-order valence-electron chi connectivity index (χ4n) is 4.33. The van der Waals surface area contributed by atoms with Crippen LogP contribution in [0.15, 0.2) is 23.3 Å². The molecule has 0 bridgehead atoms. The molecule has 1 saturated heterocycles. The van der Waals surface area contributed by atoms with Crippen molar-refractivity contribution in [2.75, 3.05) is 13.7 Å². The van der Waals surface area contributed by atoms with Crippen molar-refractivity contribution in [2.45, 2.75) is 77.0 Å². The van der Waals surface area contributed by atoms with Crippen molar-refractivity contribution in [3.05, 3.63) is 44.3 Å². The lowest BCUT2D eigenvalue weighted by Gasteiger charge is -2.48. The summed E-state index contributed by atoms with van der Waals surface area (Å²) >= 11 is 12.4. The van der Waals surface area contributed by atoms with E-state index >= 15 is 0 Å². The van der Waals surface area contributed by atoms with E-state index in [0.717, 1.165) is 34.8 Å². The Bertz CT molecular complexity index is 1240. The van der Waals surface area contributed by atoms with E-state index in [2.05, 4.69) is 15.3 Å². The minimum absolute atomic E-state index is 0.126. The highest BCUT2D eigenvalue weighted by molar-refractivity contribution is 6.42. The number of benzene rings is 1. The molecule has 1 fully saturated rings. The van der Waals surface area contributed by atoms with Crippen molar-refractivity contribution in [3.8, 4) is 0 Å². The standard InChI is InChI=1S/C25H30Cl2N4O11/c1-12(32)30-21-18(39-13(2)33)9-25(24(36)37-5,38-11-16-7-6-8-17(26)20(16)27)42-23(21)22(41-15(4)35)19(10-29-31-28)40-14(3)34/h6-8,18-19,21-23H,9-11H2,1-5H3,(H,30,32)/t18-,19+,21+,22+,23+,25-/m0/s1. The molecule has 42 heavy (non-hydrogen) atoms. The molecule has 1 aliphatic rings. The number of methoxy groups -OCH3 is 1. The third kappa shape index (κ3) is 9.19. The van der Waals surface area contributed by atoms with Gasteiger partial charge in [-0.15, -0.1) is 0 Å². The predicted molar refractivity (Wildman–Crippen MR) is 144 cm³/mol. The quantitative estimate of drug-likeness (QED) is 0.117. The van der Waals surface area contributed by atoms with Gasteiger partial charge in [-0.2, -0.15) is 0 Å². The summed E-state index contributed by atoms with van der Waals surface area (Å²) < 4.78 is 33.3. The molecule has 0 unspecified atom stereocenters. The first-order valence-electron chi connectivity index (χ1n) is 12.4. The van der Waals surface area contributed by atoms with Gasteiger partial charge >= 0.3 is 23.9 Å². The van der Waals surface area contributed by atoms with Gasteiger partial charge in [0.05, 0.1) is 42.8 Å². The number of hydrogen-bond donors (Lipinski definition) is 1. The molecule has 1 aromatic carbocycles. The molecule has 2 rings (SSSR count). The summed E-state index contributed by atoms with van der Waals surface area (Å²) in [7, 11) is 1.05. The zero-order valence-corrected chi connectivity index (χ0v) is 24.8. The summed E-state index contributed by atoms with van der Waals surface area (Å²) in [4.78, 5) is 64.6. The number of rotatable bonds is 12. The molecule has 1 N–H and O–H groups in total. The Labute approximate surface area is 250 Å². The lowest BCUT2D eigenvalue weighted by atomic mass is 9.87. The number of ether oxygens (including phenoxy) is 6. The molecule has 17 heteroatoms. The van der Waals surface area contributed by atoms with Crippen LogP contribution < -0.4 is 5.32 Å². The van der Waals surface area contributed by atoms with E-state index in [1.165, 1.54) is 6.07 Å². The Balaban J connectivity index is 2.75. The lowest BCUT2D eigenvalue weighted by Crippen LogP contribution is -2.69. The maximum Gasteiger partial charge on any atom is 0.366 e. The zero-order chi connectivity index (χ0) is 31.6. The molecule has 230 valence electrons. The average Bonchev–Trinajstić information content (AvgIpc) is 2.90. The van der Waals surface area contributed by atoms with Crippen molar-refractivity contribution < 1.29 is 52.4 Å². The first-order chi connectivity index (χ1) is 19.7. The van der Waals surface area contributed by atoms with Crippen LogP contribution in [0.5, 0.6) is 0 Å². The number of nitrogens with one attached hydrogen (secondary N) is 1. The van der Waals surface area contributed by atoms with Crippen molar-refractivity contribution in [3.63, 3.8) is 0 Å². The van der Waals surface area contributed by atoms with E-state index < -0.39 is 79.0 Å². The Morgan fingerprint density at radius 1 is 1.12 bits per heavy atom. The lowest BCUT2D eigenvalue weighted by molar-refractivity contribution is -0.316. The van der Waals surface area contributed by atoms with Gasteiger partial charge in [0, 0.05) is 32.6 Å². The number of carbonyl (C=O) groups is 5. The van der Waals surface area contributed by atoms with Crippen LogP contribution >= 0.6 is 23.2 Å². The second kappa shape index (κ2) is 15.6. The smallest absolute Gasteiger partial charge is 0.366 e.